The van der Waals surface area contributed by atoms with Gasteiger partial charge in [0.15, 0.2) is 0 Å². The van der Waals surface area contributed by atoms with Crippen LogP contribution in [0.25, 0.3) is 0 Å². The first-order valence-electron chi connectivity index (χ1n) is 7.56. The molecule has 2 fully saturated rings. The highest BCUT2D eigenvalue weighted by molar-refractivity contribution is 5.77. The first-order chi connectivity index (χ1) is 9.59. The average Bonchev–Trinajstić information content (AvgIpc) is 2.47. The second kappa shape index (κ2) is 6.92. The molecule has 0 bridgehead atoms. The van der Waals surface area contributed by atoms with Crippen molar-refractivity contribution in [3.63, 3.8) is 0 Å². The predicted octanol–water partition coefficient (Wildman–Crippen LogP) is 1.02. The van der Waals surface area contributed by atoms with Crippen LogP contribution in [0.1, 0.15) is 38.5 Å². The zero-order valence-corrected chi connectivity index (χ0v) is 12.1. The fourth-order valence-electron chi connectivity index (χ4n) is 3.22. The van der Waals surface area contributed by atoms with E-state index in [4.69, 9.17) is 0 Å². The van der Waals surface area contributed by atoms with E-state index < -0.39 is 11.9 Å². The van der Waals surface area contributed by atoms with Gasteiger partial charge in [-0.05, 0) is 38.8 Å². The van der Waals surface area contributed by atoms with E-state index in [1.54, 1.807) is 4.90 Å². The van der Waals surface area contributed by atoms with E-state index in [1.165, 1.54) is 0 Å². The molecule has 2 amide bonds. The van der Waals surface area contributed by atoms with Gasteiger partial charge < -0.3 is 20.6 Å². The topological polar surface area (TPSA) is 81.7 Å². The van der Waals surface area contributed by atoms with Gasteiger partial charge in [0.1, 0.15) is 0 Å². The van der Waals surface area contributed by atoms with Gasteiger partial charge in [0.25, 0.3) is 0 Å². The third kappa shape index (κ3) is 3.62. The lowest BCUT2D eigenvalue weighted by molar-refractivity contribution is -0.143. The molecule has 1 saturated heterocycles. The SMILES string of the molecule is CN(C(=O)NC1CCCCC1C(=O)O)C1CCNCC1. The summed E-state index contributed by atoms with van der Waals surface area (Å²) in [5, 5.41) is 15.4. The highest BCUT2D eigenvalue weighted by Gasteiger charge is 2.33. The Bertz CT molecular complexity index is 356. The Kier molecular flexibility index (Phi) is 5.23. The molecular formula is C14H25N3O3. The zero-order valence-electron chi connectivity index (χ0n) is 12.1. The summed E-state index contributed by atoms with van der Waals surface area (Å²) in [4.78, 5) is 25.3. The summed E-state index contributed by atoms with van der Waals surface area (Å²) in [6, 6.07) is -0.101. The van der Waals surface area contributed by atoms with Gasteiger partial charge in [0.2, 0.25) is 0 Å². The van der Waals surface area contributed by atoms with Crippen LogP contribution in [-0.4, -0.2) is 54.2 Å². The van der Waals surface area contributed by atoms with Crippen LogP contribution < -0.4 is 10.6 Å². The van der Waals surface area contributed by atoms with Crippen molar-refractivity contribution in [2.24, 2.45) is 5.92 Å². The summed E-state index contributed by atoms with van der Waals surface area (Å²) in [6.45, 7) is 1.87. The van der Waals surface area contributed by atoms with Crippen LogP contribution in [0.3, 0.4) is 0 Å². The van der Waals surface area contributed by atoms with Crippen molar-refractivity contribution in [1.82, 2.24) is 15.5 Å². The molecule has 114 valence electrons. The molecule has 2 rings (SSSR count). The Hall–Kier alpha value is -1.30. The van der Waals surface area contributed by atoms with Crippen LogP contribution in [0.15, 0.2) is 0 Å². The second-order valence-electron chi connectivity index (χ2n) is 5.88. The van der Waals surface area contributed by atoms with Crippen LogP contribution >= 0.6 is 0 Å². The number of aliphatic carboxylic acids is 1. The summed E-state index contributed by atoms with van der Waals surface area (Å²) in [6.07, 6.45) is 5.27. The number of carboxylic acids is 1. The third-order valence-corrected chi connectivity index (χ3v) is 4.57. The minimum absolute atomic E-state index is 0.130. The van der Waals surface area contributed by atoms with Crippen LogP contribution in [0.5, 0.6) is 0 Å². The van der Waals surface area contributed by atoms with Gasteiger partial charge in [-0.25, -0.2) is 4.79 Å². The summed E-state index contributed by atoms with van der Waals surface area (Å²) in [5.74, 6) is -1.23. The highest BCUT2D eigenvalue weighted by Crippen LogP contribution is 2.25. The number of hydrogen-bond acceptors (Lipinski definition) is 3. The zero-order chi connectivity index (χ0) is 14.5. The first-order valence-corrected chi connectivity index (χ1v) is 7.56. The Morgan fingerprint density at radius 3 is 2.45 bits per heavy atom. The number of rotatable bonds is 3. The Labute approximate surface area is 119 Å². The predicted molar refractivity (Wildman–Crippen MR) is 75.6 cm³/mol. The minimum Gasteiger partial charge on any atom is -0.481 e. The smallest absolute Gasteiger partial charge is 0.317 e. The molecule has 6 heteroatoms. The molecule has 0 spiro atoms. The van der Waals surface area contributed by atoms with Gasteiger partial charge in [-0.2, -0.15) is 0 Å². The van der Waals surface area contributed by atoms with E-state index in [9.17, 15) is 14.7 Å². The molecule has 1 aliphatic carbocycles. The van der Waals surface area contributed by atoms with Crippen LogP contribution in [0.2, 0.25) is 0 Å². The number of nitrogens with one attached hydrogen (secondary N) is 2. The number of urea groups is 1. The van der Waals surface area contributed by atoms with Gasteiger partial charge in [-0.1, -0.05) is 12.8 Å². The highest BCUT2D eigenvalue weighted by atomic mass is 16.4. The van der Waals surface area contributed by atoms with Crippen molar-refractivity contribution >= 4 is 12.0 Å². The van der Waals surface area contributed by atoms with E-state index in [1.807, 2.05) is 7.05 Å². The number of carbonyl (C=O) groups is 2. The molecule has 2 unspecified atom stereocenters. The van der Waals surface area contributed by atoms with Gasteiger partial charge in [-0.15, -0.1) is 0 Å². The van der Waals surface area contributed by atoms with Crippen molar-refractivity contribution in [1.29, 1.82) is 0 Å². The summed E-state index contributed by atoms with van der Waals surface area (Å²) < 4.78 is 0. The van der Waals surface area contributed by atoms with E-state index in [-0.39, 0.29) is 18.1 Å². The van der Waals surface area contributed by atoms with Crippen molar-refractivity contribution in [2.45, 2.75) is 50.6 Å². The number of amides is 2. The maximum Gasteiger partial charge on any atom is 0.317 e. The number of piperidine rings is 1. The molecule has 6 nitrogen and oxygen atoms in total. The van der Waals surface area contributed by atoms with Crippen LogP contribution in [0.4, 0.5) is 4.79 Å². The molecule has 2 aliphatic rings. The monoisotopic (exact) mass is 283 g/mol. The van der Waals surface area contributed by atoms with Crippen molar-refractivity contribution in [2.75, 3.05) is 20.1 Å². The van der Waals surface area contributed by atoms with Crippen molar-refractivity contribution in [3.05, 3.63) is 0 Å². The molecule has 1 saturated carbocycles. The Morgan fingerprint density at radius 2 is 1.80 bits per heavy atom. The molecule has 0 aromatic rings. The molecular weight excluding hydrogens is 258 g/mol. The molecule has 0 radical (unpaired) electrons. The molecule has 2 atom stereocenters. The van der Waals surface area contributed by atoms with E-state index in [2.05, 4.69) is 10.6 Å². The average molecular weight is 283 g/mol. The lowest BCUT2D eigenvalue weighted by Crippen LogP contribution is -2.53. The van der Waals surface area contributed by atoms with E-state index in [0.717, 1.165) is 45.2 Å². The summed E-state index contributed by atoms with van der Waals surface area (Å²) >= 11 is 0. The fraction of sp³-hybridized carbons (Fsp3) is 0.857. The normalized spacial score (nSPS) is 27.9. The van der Waals surface area contributed by atoms with E-state index >= 15 is 0 Å². The van der Waals surface area contributed by atoms with Crippen LogP contribution in [-0.2, 0) is 4.79 Å². The lowest BCUT2D eigenvalue weighted by Gasteiger charge is -2.35. The quantitative estimate of drug-likeness (QED) is 0.722. The fourth-order valence-corrected chi connectivity index (χ4v) is 3.22. The van der Waals surface area contributed by atoms with Crippen molar-refractivity contribution in [3.8, 4) is 0 Å². The Balaban J connectivity index is 1.89. The van der Waals surface area contributed by atoms with Gasteiger partial charge in [-0.3, -0.25) is 4.79 Å². The third-order valence-electron chi connectivity index (χ3n) is 4.57. The number of carboxylic acid groups (broad SMARTS) is 1. The summed E-state index contributed by atoms with van der Waals surface area (Å²) in [5.41, 5.74) is 0. The van der Waals surface area contributed by atoms with Gasteiger partial charge >= 0.3 is 12.0 Å². The maximum absolute atomic E-state index is 12.3. The van der Waals surface area contributed by atoms with Crippen molar-refractivity contribution < 1.29 is 14.7 Å². The number of hydrogen-bond donors (Lipinski definition) is 3. The molecule has 20 heavy (non-hydrogen) atoms. The molecule has 0 aromatic carbocycles. The molecule has 3 N–H and O–H groups in total. The van der Waals surface area contributed by atoms with E-state index in [0.29, 0.717) is 6.42 Å². The van der Waals surface area contributed by atoms with Gasteiger partial charge in [0, 0.05) is 19.1 Å². The lowest BCUT2D eigenvalue weighted by atomic mass is 9.84. The summed E-state index contributed by atoms with van der Waals surface area (Å²) in [7, 11) is 1.81. The Morgan fingerprint density at radius 1 is 1.15 bits per heavy atom. The molecule has 0 aromatic heterocycles. The minimum atomic E-state index is -0.792. The first kappa shape index (κ1) is 15.1. The molecule has 1 aliphatic heterocycles. The largest absolute Gasteiger partial charge is 0.481 e. The standard InChI is InChI=1S/C14H25N3O3/c1-17(10-6-8-15-9-7-10)14(20)16-12-5-3-2-4-11(12)13(18)19/h10-12,15H,2-9H2,1H3,(H,16,20)(H,18,19). The van der Waals surface area contributed by atoms with Gasteiger partial charge in [0.05, 0.1) is 5.92 Å². The van der Waals surface area contributed by atoms with Crippen LogP contribution in [0, 0.1) is 5.92 Å². The second-order valence-corrected chi connectivity index (χ2v) is 5.88. The maximum atomic E-state index is 12.3. The molecule has 1 heterocycles. The number of carbonyl (C=O) groups excluding carboxylic acids is 1. The number of nitrogens with zero attached hydrogens (tertiary/aromatic N) is 1.